The van der Waals surface area contributed by atoms with E-state index in [4.69, 9.17) is 0 Å². The maximum atomic E-state index is 12.2. The fourth-order valence-electron chi connectivity index (χ4n) is 3.04. The summed E-state index contributed by atoms with van der Waals surface area (Å²) >= 11 is 1.16. The topological polar surface area (TPSA) is 75.3 Å². The van der Waals surface area contributed by atoms with E-state index in [1.165, 1.54) is 32.1 Å². The number of rotatable bonds is 6. The van der Waals surface area contributed by atoms with Gasteiger partial charge in [-0.3, -0.25) is 9.52 Å². The van der Waals surface area contributed by atoms with Crippen molar-refractivity contribution >= 4 is 33.0 Å². The summed E-state index contributed by atoms with van der Waals surface area (Å²) in [5, 5.41) is 4.70. The average molecular weight is 379 g/mol. The van der Waals surface area contributed by atoms with Gasteiger partial charge in [0.25, 0.3) is 15.9 Å². The standard InChI is InChI=1S/C18H22N2O3S2/c21-18(19-13-14-5-2-1-3-6-14)15-8-10-16(11-9-15)20-25(22,23)17-7-4-12-24-17/h4,7-12,14,20H,1-3,5-6,13H2,(H,19,21). The molecule has 0 saturated heterocycles. The molecule has 1 aromatic carbocycles. The predicted octanol–water partition coefficient (Wildman–Crippen LogP) is 3.86. The molecule has 2 N–H and O–H groups in total. The quantitative estimate of drug-likeness (QED) is 0.801. The molecular formula is C18H22N2O3S2. The van der Waals surface area contributed by atoms with Crippen LogP contribution >= 0.6 is 11.3 Å². The molecule has 5 nitrogen and oxygen atoms in total. The minimum absolute atomic E-state index is 0.113. The van der Waals surface area contributed by atoms with Crippen molar-refractivity contribution < 1.29 is 13.2 Å². The molecule has 1 amide bonds. The number of hydrogen-bond donors (Lipinski definition) is 2. The summed E-state index contributed by atoms with van der Waals surface area (Å²) in [6.07, 6.45) is 6.17. The van der Waals surface area contributed by atoms with Gasteiger partial charge in [-0.2, -0.15) is 0 Å². The molecular weight excluding hydrogens is 356 g/mol. The van der Waals surface area contributed by atoms with Crippen LogP contribution in [0.1, 0.15) is 42.5 Å². The van der Waals surface area contributed by atoms with Gasteiger partial charge < -0.3 is 5.32 Å². The van der Waals surface area contributed by atoms with E-state index in [1.54, 1.807) is 41.8 Å². The Bertz CT molecular complexity index is 793. The van der Waals surface area contributed by atoms with Crippen molar-refractivity contribution in [1.82, 2.24) is 5.32 Å². The highest BCUT2D eigenvalue weighted by molar-refractivity contribution is 7.94. The molecule has 0 atom stereocenters. The summed E-state index contributed by atoms with van der Waals surface area (Å²) in [4.78, 5) is 12.2. The number of anilines is 1. The first kappa shape index (κ1) is 17.9. The van der Waals surface area contributed by atoms with Gasteiger partial charge in [0.1, 0.15) is 4.21 Å². The van der Waals surface area contributed by atoms with Crippen LogP contribution in [-0.2, 0) is 10.0 Å². The van der Waals surface area contributed by atoms with Gasteiger partial charge in [0, 0.05) is 17.8 Å². The van der Waals surface area contributed by atoms with Gasteiger partial charge in [-0.25, -0.2) is 8.42 Å². The third kappa shape index (κ3) is 4.83. The third-order valence-corrected chi connectivity index (χ3v) is 7.21. The number of nitrogens with one attached hydrogen (secondary N) is 2. The number of carbonyl (C=O) groups excluding carboxylic acids is 1. The van der Waals surface area contributed by atoms with Crippen LogP contribution in [0.5, 0.6) is 0 Å². The van der Waals surface area contributed by atoms with Crippen LogP contribution in [0.3, 0.4) is 0 Å². The molecule has 1 aliphatic rings. The van der Waals surface area contributed by atoms with E-state index in [9.17, 15) is 13.2 Å². The Kier molecular flexibility index (Phi) is 5.75. The Morgan fingerprint density at radius 1 is 1.08 bits per heavy atom. The molecule has 0 spiro atoms. The SMILES string of the molecule is O=C(NCC1CCCCC1)c1ccc(NS(=O)(=O)c2cccs2)cc1. The van der Waals surface area contributed by atoms with Crippen molar-refractivity contribution in [3.8, 4) is 0 Å². The molecule has 1 fully saturated rings. The first-order valence-electron chi connectivity index (χ1n) is 8.49. The van der Waals surface area contributed by atoms with Gasteiger partial charge in [-0.1, -0.05) is 25.3 Å². The lowest BCUT2D eigenvalue weighted by Gasteiger charge is -2.21. The van der Waals surface area contributed by atoms with E-state index >= 15 is 0 Å². The highest BCUT2D eigenvalue weighted by Gasteiger charge is 2.16. The summed E-state index contributed by atoms with van der Waals surface area (Å²) < 4.78 is 27.1. The Labute approximate surface area is 152 Å². The Balaban J connectivity index is 1.57. The second kappa shape index (κ2) is 8.01. The van der Waals surface area contributed by atoms with Gasteiger partial charge in [0.2, 0.25) is 0 Å². The van der Waals surface area contributed by atoms with Crippen LogP contribution in [0.2, 0.25) is 0 Å². The number of amides is 1. The molecule has 1 aliphatic carbocycles. The van der Waals surface area contributed by atoms with Crippen molar-refractivity contribution in [1.29, 1.82) is 0 Å². The molecule has 0 aliphatic heterocycles. The van der Waals surface area contributed by atoms with Crippen LogP contribution < -0.4 is 10.0 Å². The fraction of sp³-hybridized carbons (Fsp3) is 0.389. The number of sulfonamides is 1. The zero-order valence-electron chi connectivity index (χ0n) is 13.9. The van der Waals surface area contributed by atoms with Crippen molar-refractivity contribution in [2.45, 2.75) is 36.3 Å². The lowest BCUT2D eigenvalue weighted by molar-refractivity contribution is 0.0943. The van der Waals surface area contributed by atoms with Gasteiger partial charge >= 0.3 is 0 Å². The number of carbonyl (C=O) groups is 1. The van der Waals surface area contributed by atoms with E-state index < -0.39 is 10.0 Å². The zero-order valence-corrected chi connectivity index (χ0v) is 15.5. The Morgan fingerprint density at radius 2 is 1.80 bits per heavy atom. The molecule has 1 heterocycles. The second-order valence-corrected chi connectivity index (χ2v) is 9.19. The molecule has 0 unspecified atom stereocenters. The Morgan fingerprint density at radius 3 is 2.44 bits per heavy atom. The number of hydrogen-bond acceptors (Lipinski definition) is 4. The summed E-state index contributed by atoms with van der Waals surface area (Å²) in [6, 6.07) is 9.76. The maximum absolute atomic E-state index is 12.2. The minimum Gasteiger partial charge on any atom is -0.352 e. The molecule has 134 valence electrons. The molecule has 2 aromatic rings. The van der Waals surface area contributed by atoms with E-state index in [0.717, 1.165) is 11.3 Å². The van der Waals surface area contributed by atoms with Gasteiger partial charge in [-0.15, -0.1) is 11.3 Å². The molecule has 3 rings (SSSR count). The zero-order chi connectivity index (χ0) is 17.7. The van der Waals surface area contributed by atoms with Crippen LogP contribution in [0.15, 0.2) is 46.0 Å². The number of thiophene rings is 1. The summed E-state index contributed by atoms with van der Waals surface area (Å²) in [5.41, 5.74) is 0.979. The van der Waals surface area contributed by atoms with Crippen molar-refractivity contribution in [3.05, 3.63) is 47.3 Å². The van der Waals surface area contributed by atoms with Crippen LogP contribution in [0.25, 0.3) is 0 Å². The fourth-order valence-corrected chi connectivity index (χ4v) is 5.09. The Hall–Kier alpha value is -1.86. The van der Waals surface area contributed by atoms with Crippen molar-refractivity contribution in [3.63, 3.8) is 0 Å². The highest BCUT2D eigenvalue weighted by Crippen LogP contribution is 2.23. The molecule has 0 bridgehead atoms. The van der Waals surface area contributed by atoms with Gasteiger partial charge in [0.15, 0.2) is 0 Å². The number of benzene rings is 1. The first-order valence-corrected chi connectivity index (χ1v) is 10.9. The van der Waals surface area contributed by atoms with E-state index in [0.29, 0.717) is 23.7 Å². The monoisotopic (exact) mass is 378 g/mol. The van der Waals surface area contributed by atoms with E-state index in [-0.39, 0.29) is 10.1 Å². The maximum Gasteiger partial charge on any atom is 0.271 e. The molecule has 1 aromatic heterocycles. The summed E-state index contributed by atoms with van der Waals surface area (Å²) in [7, 11) is -3.56. The van der Waals surface area contributed by atoms with Crippen molar-refractivity contribution in [2.75, 3.05) is 11.3 Å². The van der Waals surface area contributed by atoms with Crippen LogP contribution in [-0.4, -0.2) is 20.9 Å². The van der Waals surface area contributed by atoms with Gasteiger partial charge in [0.05, 0.1) is 0 Å². The summed E-state index contributed by atoms with van der Waals surface area (Å²) in [6.45, 7) is 0.714. The molecule has 0 radical (unpaired) electrons. The molecule has 1 saturated carbocycles. The van der Waals surface area contributed by atoms with E-state index in [1.807, 2.05) is 0 Å². The highest BCUT2D eigenvalue weighted by atomic mass is 32.2. The van der Waals surface area contributed by atoms with Crippen molar-refractivity contribution in [2.24, 2.45) is 5.92 Å². The second-order valence-electron chi connectivity index (χ2n) is 6.33. The largest absolute Gasteiger partial charge is 0.352 e. The lowest BCUT2D eigenvalue weighted by atomic mass is 9.89. The lowest BCUT2D eigenvalue weighted by Crippen LogP contribution is -2.30. The third-order valence-electron chi connectivity index (χ3n) is 4.44. The van der Waals surface area contributed by atoms with Gasteiger partial charge in [-0.05, 0) is 54.5 Å². The average Bonchev–Trinajstić information content (AvgIpc) is 3.17. The normalized spacial score (nSPS) is 15.7. The first-order chi connectivity index (χ1) is 12.0. The molecule has 25 heavy (non-hydrogen) atoms. The predicted molar refractivity (Wildman–Crippen MR) is 100 cm³/mol. The van der Waals surface area contributed by atoms with Crippen LogP contribution in [0.4, 0.5) is 5.69 Å². The van der Waals surface area contributed by atoms with Crippen LogP contribution in [0, 0.1) is 5.92 Å². The van der Waals surface area contributed by atoms with E-state index in [2.05, 4.69) is 10.0 Å². The molecule has 7 heteroatoms. The minimum atomic E-state index is -3.56. The summed E-state index contributed by atoms with van der Waals surface area (Å²) in [5.74, 6) is 0.466. The smallest absolute Gasteiger partial charge is 0.271 e.